The van der Waals surface area contributed by atoms with Crippen LogP contribution in [0.4, 0.5) is 0 Å². The Morgan fingerprint density at radius 2 is 0.711 bits per heavy atom. The zero-order chi connectivity index (χ0) is 33.1. The van der Waals surface area contributed by atoms with Crippen LogP contribution >= 0.6 is 0 Å². The summed E-state index contributed by atoms with van der Waals surface area (Å²) >= 11 is 0. The Morgan fingerprint density at radius 3 is 1.04 bits per heavy atom. The second-order valence-electron chi connectivity index (χ2n) is 12.0. The van der Waals surface area contributed by atoms with Crippen LogP contribution in [0.5, 0.6) is 46.0 Å². The van der Waals surface area contributed by atoms with E-state index >= 15 is 0 Å². The summed E-state index contributed by atoms with van der Waals surface area (Å²) in [5.74, 6) is 0.311. The maximum absolute atomic E-state index is 10.6. The number of benzene rings is 5. The molecular weight excluding hydrogens is 572 g/mol. The molecule has 0 heterocycles. The molecule has 0 atom stereocenters. The topological polar surface area (TPSA) is 162 Å². The van der Waals surface area contributed by atoms with Crippen LogP contribution in [0.25, 0.3) is 0 Å². The Morgan fingerprint density at radius 1 is 0.378 bits per heavy atom. The monoisotopic (exact) mass is 610 g/mol. The first-order valence-corrected chi connectivity index (χ1v) is 14.3. The Labute approximate surface area is 262 Å². The second kappa shape index (κ2) is 12.6. The third-order valence-electron chi connectivity index (χ3n) is 8.16. The van der Waals surface area contributed by atoms with Gasteiger partial charge in [-0.15, -0.1) is 0 Å². The molecule has 0 aliphatic carbocycles. The molecule has 0 saturated carbocycles. The van der Waals surface area contributed by atoms with Gasteiger partial charge in [0.05, 0.1) is 0 Å². The molecule has 0 spiro atoms. The Kier molecular flexibility index (Phi) is 9.09. The molecule has 0 radical (unpaired) electrons. The van der Waals surface area contributed by atoms with E-state index in [2.05, 4.69) is 0 Å². The summed E-state index contributed by atoms with van der Waals surface area (Å²) in [6.07, 6.45) is 0.318. The maximum atomic E-state index is 10.6. The number of rotatable bonds is 6. The van der Waals surface area contributed by atoms with E-state index in [9.17, 15) is 30.6 Å². The Hall–Kier alpha value is -5.50. The molecule has 0 aliphatic heterocycles. The SMILES string of the molecule is CC(C)(c1ccc(O)cc1)c1cc(C(C)(C)c2ccc(O)cc2)c(O)cc1O.Oc1ccc(Cc2ccc(O)cc2O)c(O)c1. The molecule has 0 amide bonds. The highest BCUT2D eigenvalue weighted by Crippen LogP contribution is 2.45. The van der Waals surface area contributed by atoms with Gasteiger partial charge in [0.15, 0.2) is 0 Å². The Bertz CT molecular complexity index is 1660. The predicted molar refractivity (Wildman–Crippen MR) is 173 cm³/mol. The van der Waals surface area contributed by atoms with Crippen LogP contribution < -0.4 is 0 Å². The molecular formula is C37H38O8. The van der Waals surface area contributed by atoms with Crippen molar-refractivity contribution in [3.8, 4) is 46.0 Å². The minimum absolute atomic E-state index is 0.0128. The fraction of sp³-hybridized carbons (Fsp3) is 0.189. The normalized spacial score (nSPS) is 11.5. The third kappa shape index (κ3) is 7.18. The summed E-state index contributed by atoms with van der Waals surface area (Å²) in [5, 5.41) is 77.9. The molecule has 5 aromatic carbocycles. The first-order valence-electron chi connectivity index (χ1n) is 14.3. The number of hydrogen-bond donors (Lipinski definition) is 8. The molecule has 0 unspecified atom stereocenters. The van der Waals surface area contributed by atoms with Crippen molar-refractivity contribution < 1.29 is 40.9 Å². The van der Waals surface area contributed by atoms with Crippen LogP contribution in [0.3, 0.4) is 0 Å². The lowest BCUT2D eigenvalue weighted by molar-refractivity contribution is 0.424. The van der Waals surface area contributed by atoms with Gasteiger partial charge in [0.1, 0.15) is 46.0 Å². The summed E-state index contributed by atoms with van der Waals surface area (Å²) in [5.41, 5.74) is 3.29. The first kappa shape index (κ1) is 32.4. The van der Waals surface area contributed by atoms with Gasteiger partial charge in [-0.1, -0.05) is 64.1 Å². The van der Waals surface area contributed by atoms with E-state index in [1.54, 1.807) is 36.4 Å². The lowest BCUT2D eigenvalue weighted by atomic mass is 9.72. The summed E-state index contributed by atoms with van der Waals surface area (Å²) in [7, 11) is 0. The van der Waals surface area contributed by atoms with Crippen molar-refractivity contribution in [1.82, 2.24) is 0 Å². The van der Waals surface area contributed by atoms with E-state index in [1.165, 1.54) is 30.3 Å². The molecule has 8 nitrogen and oxygen atoms in total. The molecule has 5 aromatic rings. The van der Waals surface area contributed by atoms with E-state index in [0.717, 1.165) is 11.1 Å². The van der Waals surface area contributed by atoms with Gasteiger partial charge in [0.25, 0.3) is 0 Å². The molecule has 0 aromatic heterocycles. The van der Waals surface area contributed by atoms with Gasteiger partial charge in [-0.05, 0) is 64.7 Å². The zero-order valence-electron chi connectivity index (χ0n) is 25.5. The van der Waals surface area contributed by atoms with Crippen molar-refractivity contribution in [3.05, 3.63) is 130 Å². The van der Waals surface area contributed by atoms with E-state index in [0.29, 0.717) is 28.7 Å². The van der Waals surface area contributed by atoms with Gasteiger partial charge in [-0.3, -0.25) is 0 Å². The van der Waals surface area contributed by atoms with Gasteiger partial charge >= 0.3 is 0 Å². The van der Waals surface area contributed by atoms with Crippen molar-refractivity contribution in [3.63, 3.8) is 0 Å². The smallest absolute Gasteiger partial charge is 0.123 e. The number of phenols is 8. The Balaban J connectivity index is 0.000000231. The van der Waals surface area contributed by atoms with Crippen molar-refractivity contribution in [2.45, 2.75) is 44.9 Å². The average molecular weight is 611 g/mol. The minimum atomic E-state index is -0.550. The van der Waals surface area contributed by atoms with Crippen LogP contribution in [0, 0.1) is 0 Å². The molecule has 8 heteroatoms. The number of hydrogen-bond acceptors (Lipinski definition) is 8. The minimum Gasteiger partial charge on any atom is -0.508 e. The summed E-state index contributed by atoms with van der Waals surface area (Å²) in [6.45, 7) is 7.96. The second-order valence-corrected chi connectivity index (χ2v) is 12.0. The average Bonchev–Trinajstić information content (AvgIpc) is 2.96. The molecule has 8 N–H and O–H groups in total. The summed E-state index contributed by atoms with van der Waals surface area (Å²) in [4.78, 5) is 0. The molecule has 45 heavy (non-hydrogen) atoms. The van der Waals surface area contributed by atoms with Gasteiger partial charge in [0, 0.05) is 46.6 Å². The quantitative estimate of drug-likeness (QED) is 0.0996. The lowest BCUT2D eigenvalue weighted by Crippen LogP contribution is -2.23. The standard InChI is InChI=1S/C24H26O4.C13H12O4/c1-23(2,15-5-9-17(25)10-6-15)19-13-20(22(28)14-21(19)27)24(3,4)16-7-11-18(26)12-8-16;14-10-3-1-8(12(16)6-10)5-9-2-4-11(15)7-13(9)17/h5-14,25-28H,1-4H3;1-4,6-7,14-17H,5H2. The summed E-state index contributed by atoms with van der Waals surface area (Å²) in [6, 6.07) is 25.6. The highest BCUT2D eigenvalue weighted by Gasteiger charge is 2.32. The van der Waals surface area contributed by atoms with E-state index in [-0.39, 0.29) is 46.0 Å². The van der Waals surface area contributed by atoms with Crippen molar-refractivity contribution in [2.75, 3.05) is 0 Å². The van der Waals surface area contributed by atoms with Crippen LogP contribution in [-0.4, -0.2) is 40.9 Å². The predicted octanol–water partition coefficient (Wildman–Crippen LogP) is 7.26. The van der Waals surface area contributed by atoms with Crippen LogP contribution in [0.1, 0.15) is 61.1 Å². The van der Waals surface area contributed by atoms with Crippen LogP contribution in [-0.2, 0) is 17.3 Å². The third-order valence-corrected chi connectivity index (χ3v) is 8.16. The maximum Gasteiger partial charge on any atom is 0.123 e. The van der Waals surface area contributed by atoms with E-state index in [4.69, 9.17) is 10.2 Å². The fourth-order valence-corrected chi connectivity index (χ4v) is 5.25. The molecule has 0 fully saturated rings. The van der Waals surface area contributed by atoms with E-state index < -0.39 is 10.8 Å². The molecule has 5 rings (SSSR count). The van der Waals surface area contributed by atoms with Gasteiger partial charge in [-0.2, -0.15) is 0 Å². The largest absolute Gasteiger partial charge is 0.508 e. The fourth-order valence-electron chi connectivity index (χ4n) is 5.25. The van der Waals surface area contributed by atoms with Gasteiger partial charge in [0.2, 0.25) is 0 Å². The zero-order valence-corrected chi connectivity index (χ0v) is 25.5. The van der Waals surface area contributed by atoms with Crippen molar-refractivity contribution in [2.24, 2.45) is 0 Å². The molecule has 0 saturated heterocycles. The lowest BCUT2D eigenvalue weighted by Gasteiger charge is -2.32. The molecule has 0 aliphatic rings. The first-order chi connectivity index (χ1) is 21.1. The summed E-state index contributed by atoms with van der Waals surface area (Å²) < 4.78 is 0. The van der Waals surface area contributed by atoms with Crippen molar-refractivity contribution in [1.29, 1.82) is 0 Å². The highest BCUT2D eigenvalue weighted by atomic mass is 16.3. The van der Waals surface area contributed by atoms with Crippen molar-refractivity contribution >= 4 is 0 Å². The highest BCUT2D eigenvalue weighted by molar-refractivity contribution is 5.56. The van der Waals surface area contributed by atoms with Gasteiger partial charge in [-0.25, -0.2) is 0 Å². The van der Waals surface area contributed by atoms with Crippen LogP contribution in [0.15, 0.2) is 97.1 Å². The number of aromatic hydroxyl groups is 8. The number of phenolic OH excluding ortho intramolecular Hbond substituents is 8. The van der Waals surface area contributed by atoms with Crippen LogP contribution in [0.2, 0.25) is 0 Å². The molecule has 234 valence electrons. The van der Waals surface area contributed by atoms with Gasteiger partial charge < -0.3 is 40.9 Å². The van der Waals surface area contributed by atoms with E-state index in [1.807, 2.05) is 58.0 Å². The molecule has 0 bridgehead atoms.